The van der Waals surface area contributed by atoms with Crippen molar-refractivity contribution in [2.45, 2.75) is 0 Å². The molecule has 0 amide bonds. The number of hydrogen-bond donors (Lipinski definition) is 0. The zero-order chi connectivity index (χ0) is 19.5. The Kier molecular flexibility index (Phi) is 4.88. The summed E-state index contributed by atoms with van der Waals surface area (Å²) in [5.41, 5.74) is 4.46. The Balaban J connectivity index is 2.00. The van der Waals surface area contributed by atoms with Gasteiger partial charge in [0.2, 0.25) is 0 Å². The third kappa shape index (κ3) is 3.51. The van der Waals surface area contributed by atoms with Crippen molar-refractivity contribution in [1.82, 2.24) is 9.55 Å². The van der Waals surface area contributed by atoms with Gasteiger partial charge >= 0.3 is 0 Å². The van der Waals surface area contributed by atoms with Crippen molar-refractivity contribution in [3.63, 3.8) is 0 Å². The standard InChI is InChI=1S/C23H14BrN3O/c24-22-9-5-8-21(26-22)18-12-17(20-7-2-1-6-16(20)15-25)13-19(14-18)27-11-4-3-10-23(27)28/h1-14H. The SMILES string of the molecule is N#Cc1ccccc1-c1cc(-c2cccc(Br)n2)cc(-n2ccccc2=O)c1. The van der Waals surface area contributed by atoms with E-state index in [4.69, 9.17) is 0 Å². The maximum Gasteiger partial charge on any atom is 0.255 e. The van der Waals surface area contributed by atoms with Crippen LogP contribution in [-0.2, 0) is 0 Å². The molecule has 0 unspecified atom stereocenters. The van der Waals surface area contributed by atoms with Crippen LogP contribution in [0.25, 0.3) is 28.1 Å². The summed E-state index contributed by atoms with van der Waals surface area (Å²) in [4.78, 5) is 16.9. The molecule has 0 bridgehead atoms. The first-order valence-corrected chi connectivity index (χ1v) is 9.40. The lowest BCUT2D eigenvalue weighted by Gasteiger charge is -2.13. The first-order valence-electron chi connectivity index (χ1n) is 8.61. The fourth-order valence-electron chi connectivity index (χ4n) is 3.10. The second-order valence-electron chi connectivity index (χ2n) is 6.18. The van der Waals surface area contributed by atoms with Gasteiger partial charge in [-0.25, -0.2) is 4.98 Å². The predicted molar refractivity (Wildman–Crippen MR) is 113 cm³/mol. The molecular weight excluding hydrogens is 414 g/mol. The Labute approximate surface area is 170 Å². The summed E-state index contributed by atoms with van der Waals surface area (Å²) < 4.78 is 2.31. The highest BCUT2D eigenvalue weighted by Gasteiger charge is 2.11. The number of nitriles is 1. The molecule has 4 aromatic rings. The molecule has 2 heterocycles. The summed E-state index contributed by atoms with van der Waals surface area (Å²) in [6.07, 6.45) is 1.73. The molecular formula is C23H14BrN3O. The largest absolute Gasteiger partial charge is 0.284 e. The van der Waals surface area contributed by atoms with Gasteiger partial charge in [-0.05, 0) is 69.5 Å². The minimum absolute atomic E-state index is 0.124. The maximum atomic E-state index is 12.4. The van der Waals surface area contributed by atoms with Gasteiger partial charge < -0.3 is 0 Å². The van der Waals surface area contributed by atoms with E-state index in [0.29, 0.717) is 11.3 Å². The van der Waals surface area contributed by atoms with Gasteiger partial charge in [-0.1, -0.05) is 30.3 Å². The second-order valence-corrected chi connectivity index (χ2v) is 6.99. The summed E-state index contributed by atoms with van der Waals surface area (Å²) in [6, 6.07) is 26.2. The summed E-state index contributed by atoms with van der Waals surface area (Å²) >= 11 is 3.41. The van der Waals surface area contributed by atoms with Crippen molar-refractivity contribution < 1.29 is 0 Å². The molecule has 0 radical (unpaired) electrons. The van der Waals surface area contributed by atoms with E-state index in [1.54, 1.807) is 22.9 Å². The molecule has 2 aromatic heterocycles. The van der Waals surface area contributed by atoms with Crippen LogP contribution in [0.15, 0.2) is 94.5 Å². The molecule has 0 aliphatic carbocycles. The van der Waals surface area contributed by atoms with E-state index in [2.05, 4.69) is 27.0 Å². The molecule has 2 aromatic carbocycles. The van der Waals surface area contributed by atoms with E-state index in [1.165, 1.54) is 6.07 Å². The predicted octanol–water partition coefficient (Wildman–Crippen LogP) is 5.20. The van der Waals surface area contributed by atoms with Gasteiger partial charge in [-0.15, -0.1) is 0 Å². The van der Waals surface area contributed by atoms with E-state index in [1.807, 2.05) is 60.7 Å². The highest BCUT2D eigenvalue weighted by Crippen LogP contribution is 2.31. The molecule has 0 atom stereocenters. The first-order chi connectivity index (χ1) is 13.7. The van der Waals surface area contributed by atoms with Crippen LogP contribution in [0, 0.1) is 11.3 Å². The van der Waals surface area contributed by atoms with Crippen LogP contribution < -0.4 is 5.56 Å². The van der Waals surface area contributed by atoms with Crippen LogP contribution in [-0.4, -0.2) is 9.55 Å². The van der Waals surface area contributed by atoms with Gasteiger partial charge in [-0.3, -0.25) is 9.36 Å². The van der Waals surface area contributed by atoms with Gasteiger partial charge in [0, 0.05) is 23.5 Å². The van der Waals surface area contributed by atoms with Gasteiger partial charge in [-0.2, -0.15) is 5.26 Å². The number of aromatic nitrogens is 2. The summed E-state index contributed by atoms with van der Waals surface area (Å²) in [5, 5.41) is 9.51. The van der Waals surface area contributed by atoms with E-state index >= 15 is 0 Å². The molecule has 4 rings (SSSR count). The molecule has 4 nitrogen and oxygen atoms in total. The Morgan fingerprint density at radius 1 is 0.893 bits per heavy atom. The molecule has 5 heteroatoms. The molecule has 0 fully saturated rings. The average molecular weight is 428 g/mol. The summed E-state index contributed by atoms with van der Waals surface area (Å²) in [7, 11) is 0. The highest BCUT2D eigenvalue weighted by molar-refractivity contribution is 9.10. The minimum atomic E-state index is -0.124. The van der Waals surface area contributed by atoms with Crippen molar-refractivity contribution in [2.24, 2.45) is 0 Å². The van der Waals surface area contributed by atoms with Gasteiger partial charge in [0.15, 0.2) is 0 Å². The lowest BCUT2D eigenvalue weighted by molar-refractivity contribution is 0.991. The topological polar surface area (TPSA) is 58.7 Å². The van der Waals surface area contributed by atoms with Crippen LogP contribution >= 0.6 is 15.9 Å². The van der Waals surface area contributed by atoms with Crippen LogP contribution in [0.5, 0.6) is 0 Å². The van der Waals surface area contributed by atoms with Crippen molar-refractivity contribution in [1.29, 1.82) is 5.26 Å². The van der Waals surface area contributed by atoms with Crippen molar-refractivity contribution >= 4 is 15.9 Å². The molecule has 134 valence electrons. The van der Waals surface area contributed by atoms with E-state index < -0.39 is 0 Å². The molecule has 0 N–H and O–H groups in total. The van der Waals surface area contributed by atoms with Gasteiger partial charge in [0.25, 0.3) is 5.56 Å². The number of rotatable bonds is 3. The van der Waals surface area contributed by atoms with Crippen molar-refractivity contribution in [3.8, 4) is 34.1 Å². The Morgan fingerprint density at radius 2 is 1.68 bits per heavy atom. The third-order valence-electron chi connectivity index (χ3n) is 4.39. The lowest BCUT2D eigenvalue weighted by Crippen LogP contribution is -2.15. The van der Waals surface area contributed by atoms with Crippen LogP contribution in [0.2, 0.25) is 0 Å². The molecule has 0 saturated heterocycles. The normalized spacial score (nSPS) is 10.4. The maximum absolute atomic E-state index is 12.4. The zero-order valence-electron chi connectivity index (χ0n) is 14.7. The second kappa shape index (κ2) is 7.63. The van der Waals surface area contributed by atoms with Crippen molar-refractivity contribution in [3.05, 3.63) is 106 Å². The van der Waals surface area contributed by atoms with Crippen LogP contribution in [0.3, 0.4) is 0 Å². The Hall–Kier alpha value is -3.49. The fourth-order valence-corrected chi connectivity index (χ4v) is 3.44. The number of hydrogen-bond acceptors (Lipinski definition) is 3. The highest BCUT2D eigenvalue weighted by atomic mass is 79.9. The van der Waals surface area contributed by atoms with Crippen molar-refractivity contribution in [2.75, 3.05) is 0 Å². The fraction of sp³-hybridized carbons (Fsp3) is 0. The average Bonchev–Trinajstić information content (AvgIpc) is 2.73. The Bertz CT molecular complexity index is 1270. The van der Waals surface area contributed by atoms with Gasteiger partial charge in [0.1, 0.15) is 4.60 Å². The van der Waals surface area contributed by atoms with E-state index in [9.17, 15) is 10.1 Å². The molecule has 0 spiro atoms. The summed E-state index contributed by atoms with van der Waals surface area (Å²) in [5.74, 6) is 0. The number of halogens is 1. The smallest absolute Gasteiger partial charge is 0.255 e. The number of benzene rings is 2. The number of nitrogens with zero attached hydrogens (tertiary/aromatic N) is 3. The van der Waals surface area contributed by atoms with Crippen LogP contribution in [0.1, 0.15) is 5.56 Å². The molecule has 28 heavy (non-hydrogen) atoms. The minimum Gasteiger partial charge on any atom is -0.284 e. The monoisotopic (exact) mass is 427 g/mol. The van der Waals surface area contributed by atoms with Gasteiger partial charge in [0.05, 0.1) is 17.3 Å². The molecule has 0 aliphatic rings. The lowest BCUT2D eigenvalue weighted by atomic mass is 9.96. The first kappa shape index (κ1) is 17.9. The number of pyridine rings is 2. The third-order valence-corrected chi connectivity index (χ3v) is 4.83. The quantitative estimate of drug-likeness (QED) is 0.422. The summed E-state index contributed by atoms with van der Waals surface area (Å²) in [6.45, 7) is 0. The molecule has 0 saturated carbocycles. The molecule has 0 aliphatic heterocycles. The van der Waals surface area contributed by atoms with Crippen LogP contribution in [0.4, 0.5) is 0 Å². The van der Waals surface area contributed by atoms with E-state index in [0.717, 1.165) is 27.0 Å². The zero-order valence-corrected chi connectivity index (χ0v) is 16.3. The Morgan fingerprint density at radius 3 is 2.46 bits per heavy atom. The van der Waals surface area contributed by atoms with E-state index in [-0.39, 0.29) is 5.56 Å².